The highest BCUT2D eigenvalue weighted by Crippen LogP contribution is 2.34. The number of aromatic amines is 1. The van der Waals surface area contributed by atoms with E-state index in [0.29, 0.717) is 6.54 Å². The number of benzene rings is 1. The lowest BCUT2D eigenvalue weighted by atomic mass is 9.83. The molecule has 0 bridgehead atoms. The molecule has 1 saturated heterocycles. The van der Waals surface area contributed by atoms with Crippen LogP contribution < -0.4 is 5.32 Å². The molecule has 2 aliphatic rings. The predicted octanol–water partition coefficient (Wildman–Crippen LogP) is 4.81. The number of aromatic nitrogens is 2. The van der Waals surface area contributed by atoms with Gasteiger partial charge in [-0.3, -0.25) is 4.79 Å². The number of ether oxygens (including phenoxy) is 1. The summed E-state index contributed by atoms with van der Waals surface area (Å²) in [6.45, 7) is 0.671. The number of likely N-dealkylation sites (tertiary alicyclic amines) is 1. The minimum Gasteiger partial charge on any atom is -0.453 e. The number of alkyl carbamates (subject to hydrolysis) is 1. The summed E-state index contributed by atoms with van der Waals surface area (Å²) in [6, 6.07) is 7.39. The van der Waals surface area contributed by atoms with E-state index in [1.54, 1.807) is 0 Å². The van der Waals surface area contributed by atoms with E-state index in [-0.39, 0.29) is 17.9 Å². The predicted molar refractivity (Wildman–Crippen MR) is 121 cm³/mol. The van der Waals surface area contributed by atoms with Crippen molar-refractivity contribution >= 4 is 27.9 Å². The molecule has 2 aromatic rings. The van der Waals surface area contributed by atoms with E-state index in [4.69, 9.17) is 4.74 Å². The van der Waals surface area contributed by atoms with Crippen LogP contribution >= 0.6 is 15.9 Å². The largest absolute Gasteiger partial charge is 0.453 e. The molecule has 2 amide bonds. The maximum absolute atomic E-state index is 13.6. The van der Waals surface area contributed by atoms with Gasteiger partial charge in [0.05, 0.1) is 25.0 Å². The number of nitrogens with one attached hydrogen (secondary N) is 2. The molecule has 1 aromatic heterocycles. The molecule has 2 heterocycles. The summed E-state index contributed by atoms with van der Waals surface area (Å²) < 4.78 is 5.84. The molecule has 2 fully saturated rings. The molecule has 0 radical (unpaired) electrons. The highest BCUT2D eigenvalue weighted by molar-refractivity contribution is 9.10. The molecule has 2 atom stereocenters. The molecule has 1 saturated carbocycles. The lowest BCUT2D eigenvalue weighted by Crippen LogP contribution is -2.52. The minimum atomic E-state index is -0.547. The molecule has 166 valence electrons. The van der Waals surface area contributed by atoms with Crippen molar-refractivity contribution in [2.45, 2.75) is 57.0 Å². The smallest absolute Gasteiger partial charge is 0.407 e. The molecule has 1 unspecified atom stereocenters. The lowest BCUT2D eigenvalue weighted by Gasteiger charge is -2.34. The van der Waals surface area contributed by atoms with Crippen LogP contribution in [0.2, 0.25) is 0 Å². The van der Waals surface area contributed by atoms with Gasteiger partial charge in [0.1, 0.15) is 11.9 Å². The van der Waals surface area contributed by atoms with E-state index in [2.05, 4.69) is 31.2 Å². The number of halogens is 1. The Balaban J connectivity index is 1.54. The van der Waals surface area contributed by atoms with Gasteiger partial charge >= 0.3 is 6.09 Å². The van der Waals surface area contributed by atoms with Crippen LogP contribution in [0.4, 0.5) is 4.79 Å². The average Bonchev–Trinajstić information content (AvgIpc) is 3.47. The van der Waals surface area contributed by atoms with Gasteiger partial charge in [-0.1, -0.05) is 47.3 Å². The van der Waals surface area contributed by atoms with Gasteiger partial charge in [0.15, 0.2) is 0 Å². The number of methoxy groups -OCH3 is 1. The van der Waals surface area contributed by atoms with Gasteiger partial charge in [-0.15, -0.1) is 0 Å². The first-order valence-corrected chi connectivity index (χ1v) is 11.8. The van der Waals surface area contributed by atoms with Gasteiger partial charge in [-0.2, -0.15) is 0 Å². The highest BCUT2D eigenvalue weighted by atomic mass is 79.9. The molecule has 1 aliphatic heterocycles. The average molecular weight is 489 g/mol. The first-order chi connectivity index (χ1) is 15.1. The Hall–Kier alpha value is -2.35. The number of hydrogen-bond acceptors (Lipinski definition) is 4. The van der Waals surface area contributed by atoms with Crippen LogP contribution in [0, 0.1) is 5.92 Å². The number of rotatable bonds is 5. The number of nitrogens with zero attached hydrogens (tertiary/aromatic N) is 2. The summed E-state index contributed by atoms with van der Waals surface area (Å²) >= 11 is 3.46. The fourth-order valence-corrected chi connectivity index (χ4v) is 5.07. The fraction of sp³-hybridized carbons (Fsp3) is 0.522. The monoisotopic (exact) mass is 488 g/mol. The molecular formula is C23H29BrN4O3. The van der Waals surface area contributed by atoms with Crippen LogP contribution in [0.1, 0.15) is 56.8 Å². The van der Waals surface area contributed by atoms with Crippen LogP contribution in [0.25, 0.3) is 11.3 Å². The first-order valence-electron chi connectivity index (χ1n) is 11.0. The Bertz CT molecular complexity index is 908. The zero-order valence-electron chi connectivity index (χ0n) is 17.8. The fourth-order valence-electron chi connectivity index (χ4n) is 4.81. The normalized spacial score (nSPS) is 20.5. The van der Waals surface area contributed by atoms with Gasteiger partial charge < -0.3 is 19.9 Å². The third kappa shape index (κ3) is 4.95. The molecule has 31 heavy (non-hydrogen) atoms. The van der Waals surface area contributed by atoms with Crippen molar-refractivity contribution in [1.29, 1.82) is 0 Å². The van der Waals surface area contributed by atoms with Crippen LogP contribution in [0.15, 0.2) is 34.9 Å². The van der Waals surface area contributed by atoms with Gasteiger partial charge in [0.2, 0.25) is 5.91 Å². The summed E-state index contributed by atoms with van der Waals surface area (Å²) in [5.74, 6) is 0.919. The molecule has 0 spiro atoms. The summed E-state index contributed by atoms with van der Waals surface area (Å²) in [5, 5.41) is 2.83. The summed E-state index contributed by atoms with van der Waals surface area (Å²) in [4.78, 5) is 35.5. The lowest BCUT2D eigenvalue weighted by molar-refractivity contribution is -0.136. The SMILES string of the molecule is COC(=O)NC(C(=O)N1CCC[C@H]1c1ncc(-c2ccc(Br)cc2)[nH]1)C1CCCCC1. The van der Waals surface area contributed by atoms with E-state index in [1.165, 1.54) is 13.5 Å². The third-order valence-corrected chi connectivity index (χ3v) is 6.98. The number of imidazole rings is 1. The van der Waals surface area contributed by atoms with Crippen molar-refractivity contribution in [3.8, 4) is 11.3 Å². The summed E-state index contributed by atoms with van der Waals surface area (Å²) in [7, 11) is 1.34. The number of H-pyrrole nitrogens is 1. The Kier molecular flexibility index (Phi) is 6.95. The number of carbonyl (C=O) groups is 2. The Morgan fingerprint density at radius 2 is 1.90 bits per heavy atom. The molecule has 1 aliphatic carbocycles. The standard InChI is InChI=1S/C23H29BrN4O3/c1-31-23(30)27-20(16-6-3-2-4-7-16)22(29)28-13-5-8-19(28)21-25-14-18(26-21)15-9-11-17(24)12-10-15/h9-12,14,16,19-20H,2-8,13H2,1H3,(H,25,26)(H,27,30)/t19-,20?/m0/s1. The van der Waals surface area contributed by atoms with E-state index in [9.17, 15) is 9.59 Å². The first kappa shape index (κ1) is 21.9. The number of amides is 2. The van der Waals surface area contributed by atoms with Crippen molar-refractivity contribution in [1.82, 2.24) is 20.2 Å². The van der Waals surface area contributed by atoms with E-state index in [1.807, 2.05) is 35.4 Å². The zero-order valence-corrected chi connectivity index (χ0v) is 19.4. The molecule has 8 heteroatoms. The highest BCUT2D eigenvalue weighted by Gasteiger charge is 2.39. The van der Waals surface area contributed by atoms with Crippen molar-refractivity contribution in [3.63, 3.8) is 0 Å². The summed E-state index contributed by atoms with van der Waals surface area (Å²) in [6.07, 6.45) is 8.33. The quantitative estimate of drug-likeness (QED) is 0.631. The van der Waals surface area contributed by atoms with Crippen LogP contribution in [0.3, 0.4) is 0 Å². The maximum Gasteiger partial charge on any atom is 0.407 e. The second-order valence-corrected chi connectivity index (χ2v) is 9.31. The van der Waals surface area contributed by atoms with E-state index >= 15 is 0 Å². The zero-order chi connectivity index (χ0) is 21.8. The van der Waals surface area contributed by atoms with E-state index in [0.717, 1.165) is 60.1 Å². The van der Waals surface area contributed by atoms with Crippen LogP contribution in [0.5, 0.6) is 0 Å². The second-order valence-electron chi connectivity index (χ2n) is 8.39. The van der Waals surface area contributed by atoms with Crippen molar-refractivity contribution < 1.29 is 14.3 Å². The number of carbonyl (C=O) groups excluding carboxylic acids is 2. The Morgan fingerprint density at radius 1 is 1.16 bits per heavy atom. The van der Waals surface area contributed by atoms with Gasteiger partial charge in [0, 0.05) is 11.0 Å². The van der Waals surface area contributed by atoms with Crippen molar-refractivity contribution in [3.05, 3.63) is 40.8 Å². The van der Waals surface area contributed by atoms with Gasteiger partial charge in [0.25, 0.3) is 0 Å². The topological polar surface area (TPSA) is 87.3 Å². The van der Waals surface area contributed by atoms with E-state index < -0.39 is 12.1 Å². The molecular weight excluding hydrogens is 460 g/mol. The Labute approximate surface area is 191 Å². The molecule has 7 nitrogen and oxygen atoms in total. The maximum atomic E-state index is 13.6. The Morgan fingerprint density at radius 3 is 2.61 bits per heavy atom. The molecule has 1 aromatic carbocycles. The third-order valence-electron chi connectivity index (χ3n) is 6.45. The van der Waals surface area contributed by atoms with Crippen LogP contribution in [-0.4, -0.2) is 46.6 Å². The number of hydrogen-bond donors (Lipinski definition) is 2. The molecule has 4 rings (SSSR count). The minimum absolute atomic E-state index is 0.0265. The van der Waals surface area contributed by atoms with Crippen molar-refractivity contribution in [2.24, 2.45) is 5.92 Å². The second kappa shape index (κ2) is 9.85. The van der Waals surface area contributed by atoms with Crippen molar-refractivity contribution in [2.75, 3.05) is 13.7 Å². The van der Waals surface area contributed by atoms with Gasteiger partial charge in [-0.05, 0) is 49.3 Å². The summed E-state index contributed by atoms with van der Waals surface area (Å²) in [5.41, 5.74) is 1.98. The van der Waals surface area contributed by atoms with Crippen LogP contribution in [-0.2, 0) is 9.53 Å². The van der Waals surface area contributed by atoms with Gasteiger partial charge in [-0.25, -0.2) is 9.78 Å². The molecule has 2 N–H and O–H groups in total.